The van der Waals surface area contributed by atoms with Crippen LogP contribution in [0.15, 0.2) is 6.33 Å². The van der Waals surface area contributed by atoms with Crippen molar-refractivity contribution >= 4 is 11.6 Å². The second-order valence-electron chi connectivity index (χ2n) is 4.90. The van der Waals surface area contributed by atoms with Gasteiger partial charge in [0.1, 0.15) is 6.33 Å². The van der Waals surface area contributed by atoms with Crippen LogP contribution in [-0.4, -0.2) is 47.7 Å². The molecule has 0 spiro atoms. The van der Waals surface area contributed by atoms with Gasteiger partial charge in [-0.25, -0.2) is 9.97 Å². The summed E-state index contributed by atoms with van der Waals surface area (Å²) in [5.74, 6) is 1.62. The number of aromatic nitrogens is 2. The molecule has 3 N–H and O–H groups in total. The third-order valence-electron chi connectivity index (χ3n) is 3.50. The van der Waals surface area contributed by atoms with Gasteiger partial charge >= 0.3 is 0 Å². The summed E-state index contributed by atoms with van der Waals surface area (Å²) in [6.07, 6.45) is 4.92. The molecule has 106 valence electrons. The third kappa shape index (κ3) is 3.47. The summed E-state index contributed by atoms with van der Waals surface area (Å²) in [5.41, 5.74) is 5.77. The number of piperidine rings is 1. The number of ether oxygens (including phenoxy) is 1. The van der Waals surface area contributed by atoms with Crippen molar-refractivity contribution < 1.29 is 4.74 Å². The highest BCUT2D eigenvalue weighted by Gasteiger charge is 2.20. The highest BCUT2D eigenvalue weighted by molar-refractivity contribution is 5.61. The van der Waals surface area contributed by atoms with Crippen LogP contribution < -0.4 is 15.8 Å². The Morgan fingerprint density at radius 3 is 2.79 bits per heavy atom. The van der Waals surface area contributed by atoms with Crippen LogP contribution in [0.5, 0.6) is 5.75 Å². The molecule has 0 radical (unpaired) electrons. The van der Waals surface area contributed by atoms with Crippen molar-refractivity contribution in [3.63, 3.8) is 0 Å². The Morgan fingerprint density at radius 2 is 2.16 bits per heavy atom. The smallest absolute Gasteiger partial charge is 0.203 e. The molecule has 1 aromatic heterocycles. The fourth-order valence-corrected chi connectivity index (χ4v) is 2.50. The predicted molar refractivity (Wildman–Crippen MR) is 76.4 cm³/mol. The Bertz CT molecular complexity index is 404. The van der Waals surface area contributed by atoms with E-state index in [1.54, 1.807) is 7.11 Å². The minimum atomic E-state index is 0.378. The van der Waals surface area contributed by atoms with E-state index in [2.05, 4.69) is 27.1 Å². The molecule has 2 heterocycles. The van der Waals surface area contributed by atoms with Gasteiger partial charge in [-0.05, 0) is 25.8 Å². The van der Waals surface area contributed by atoms with Crippen LogP contribution in [0.4, 0.5) is 11.6 Å². The zero-order valence-electron chi connectivity index (χ0n) is 11.7. The van der Waals surface area contributed by atoms with E-state index in [1.807, 2.05) is 0 Å². The molecule has 6 nitrogen and oxygen atoms in total. The molecule has 1 aliphatic heterocycles. The van der Waals surface area contributed by atoms with E-state index in [4.69, 9.17) is 10.5 Å². The highest BCUT2D eigenvalue weighted by Crippen LogP contribution is 2.28. The first-order valence-electron chi connectivity index (χ1n) is 6.88. The Morgan fingerprint density at radius 1 is 1.42 bits per heavy atom. The van der Waals surface area contributed by atoms with Gasteiger partial charge in [0.15, 0.2) is 11.6 Å². The molecule has 0 saturated carbocycles. The zero-order chi connectivity index (χ0) is 13.7. The molecular weight excluding hydrogens is 242 g/mol. The number of nitrogens with two attached hydrogens (primary N) is 1. The van der Waals surface area contributed by atoms with Crippen molar-refractivity contribution in [2.45, 2.75) is 32.2 Å². The number of hydrogen-bond acceptors (Lipinski definition) is 6. The molecule has 0 unspecified atom stereocenters. The van der Waals surface area contributed by atoms with Crippen LogP contribution in [0.3, 0.4) is 0 Å². The van der Waals surface area contributed by atoms with E-state index >= 15 is 0 Å². The molecule has 0 atom stereocenters. The summed E-state index contributed by atoms with van der Waals surface area (Å²) in [4.78, 5) is 10.7. The minimum absolute atomic E-state index is 0.378. The Labute approximate surface area is 114 Å². The average molecular weight is 265 g/mol. The van der Waals surface area contributed by atoms with Crippen molar-refractivity contribution in [1.82, 2.24) is 14.9 Å². The first-order valence-corrected chi connectivity index (χ1v) is 6.88. The van der Waals surface area contributed by atoms with Crippen molar-refractivity contribution in [3.05, 3.63) is 6.33 Å². The van der Waals surface area contributed by atoms with Crippen molar-refractivity contribution in [2.75, 3.05) is 37.8 Å². The van der Waals surface area contributed by atoms with Crippen LogP contribution in [-0.2, 0) is 0 Å². The number of nitrogens with zero attached hydrogens (tertiary/aromatic N) is 3. The first-order chi connectivity index (χ1) is 9.24. The number of rotatable bonds is 5. The van der Waals surface area contributed by atoms with E-state index in [9.17, 15) is 0 Å². The quantitative estimate of drug-likeness (QED) is 0.837. The molecule has 1 fully saturated rings. The van der Waals surface area contributed by atoms with Crippen LogP contribution in [0.2, 0.25) is 0 Å². The topological polar surface area (TPSA) is 76.3 Å². The van der Waals surface area contributed by atoms with E-state index in [0.717, 1.165) is 25.9 Å². The highest BCUT2D eigenvalue weighted by atomic mass is 16.5. The van der Waals surface area contributed by atoms with Crippen LogP contribution in [0.25, 0.3) is 0 Å². The third-order valence-corrected chi connectivity index (χ3v) is 3.50. The molecule has 0 bridgehead atoms. The molecular formula is C13H23N5O. The first kappa shape index (κ1) is 13.9. The number of anilines is 2. The van der Waals surface area contributed by atoms with Gasteiger partial charge in [0.2, 0.25) is 5.75 Å². The summed E-state index contributed by atoms with van der Waals surface area (Å²) in [6.45, 7) is 5.68. The number of nitrogens with one attached hydrogen (secondary N) is 1. The minimum Gasteiger partial charge on any atom is -0.490 e. The fourth-order valence-electron chi connectivity index (χ4n) is 2.50. The maximum Gasteiger partial charge on any atom is 0.203 e. The maximum atomic E-state index is 5.77. The molecule has 1 saturated heterocycles. The number of hydrogen-bond donors (Lipinski definition) is 2. The number of likely N-dealkylation sites (tertiary alicyclic amines) is 1. The summed E-state index contributed by atoms with van der Waals surface area (Å²) in [5, 5.41) is 3.42. The van der Waals surface area contributed by atoms with Gasteiger partial charge in [0, 0.05) is 19.1 Å². The fraction of sp³-hybridized carbons (Fsp3) is 0.692. The second-order valence-corrected chi connectivity index (χ2v) is 4.90. The van der Waals surface area contributed by atoms with Crippen LogP contribution >= 0.6 is 0 Å². The maximum absolute atomic E-state index is 5.77. The Kier molecular flexibility index (Phi) is 4.79. The predicted octanol–water partition coefficient (Wildman–Crippen LogP) is 1.35. The summed E-state index contributed by atoms with van der Waals surface area (Å²) >= 11 is 0. The molecule has 2 rings (SSSR count). The molecule has 1 aromatic rings. The number of nitrogen functional groups attached to an aromatic ring is 1. The molecule has 6 heteroatoms. The van der Waals surface area contributed by atoms with Gasteiger partial charge < -0.3 is 20.7 Å². The van der Waals surface area contributed by atoms with Crippen LogP contribution in [0.1, 0.15) is 26.2 Å². The molecule has 0 aromatic carbocycles. The molecule has 0 amide bonds. The lowest BCUT2D eigenvalue weighted by molar-refractivity contribution is 0.219. The van der Waals surface area contributed by atoms with E-state index in [1.165, 1.54) is 19.3 Å². The lowest BCUT2D eigenvalue weighted by Crippen LogP contribution is -2.39. The van der Waals surface area contributed by atoms with Gasteiger partial charge in [-0.15, -0.1) is 0 Å². The SMILES string of the molecule is CCCN1CCC(Nc2ncnc(N)c2OC)CC1. The summed E-state index contributed by atoms with van der Waals surface area (Å²) in [6, 6.07) is 0.427. The van der Waals surface area contributed by atoms with E-state index in [-0.39, 0.29) is 0 Å². The average Bonchev–Trinajstić information content (AvgIpc) is 2.42. The lowest BCUT2D eigenvalue weighted by atomic mass is 10.0. The van der Waals surface area contributed by atoms with Crippen molar-refractivity contribution in [3.8, 4) is 5.75 Å². The standard InChI is InChI=1S/C13H23N5O/c1-3-6-18-7-4-10(5-8-18)17-13-11(19-2)12(14)15-9-16-13/h9-10H,3-8H2,1-2H3,(H3,14,15,16,17). The van der Waals surface area contributed by atoms with Gasteiger partial charge in [0.25, 0.3) is 0 Å². The second kappa shape index (κ2) is 6.56. The zero-order valence-corrected chi connectivity index (χ0v) is 11.7. The molecule has 0 aliphatic carbocycles. The summed E-state index contributed by atoms with van der Waals surface area (Å²) < 4.78 is 5.25. The van der Waals surface area contributed by atoms with Gasteiger partial charge in [-0.3, -0.25) is 0 Å². The summed E-state index contributed by atoms with van der Waals surface area (Å²) in [7, 11) is 1.59. The Balaban J connectivity index is 1.94. The van der Waals surface area contributed by atoms with Crippen molar-refractivity contribution in [1.29, 1.82) is 0 Å². The van der Waals surface area contributed by atoms with E-state index < -0.39 is 0 Å². The lowest BCUT2D eigenvalue weighted by Gasteiger charge is -2.32. The van der Waals surface area contributed by atoms with Crippen LogP contribution in [0, 0.1) is 0 Å². The van der Waals surface area contributed by atoms with Gasteiger partial charge in [-0.2, -0.15) is 0 Å². The normalized spacial score (nSPS) is 17.4. The van der Waals surface area contributed by atoms with Crippen molar-refractivity contribution in [2.24, 2.45) is 0 Å². The van der Waals surface area contributed by atoms with E-state index in [0.29, 0.717) is 23.4 Å². The monoisotopic (exact) mass is 265 g/mol. The molecule has 19 heavy (non-hydrogen) atoms. The molecule has 1 aliphatic rings. The van der Waals surface area contributed by atoms with Gasteiger partial charge in [0.05, 0.1) is 7.11 Å². The largest absolute Gasteiger partial charge is 0.490 e. The van der Waals surface area contributed by atoms with Gasteiger partial charge in [-0.1, -0.05) is 6.92 Å². The number of methoxy groups -OCH3 is 1. The Hall–Kier alpha value is -1.56.